The van der Waals surface area contributed by atoms with Crippen LogP contribution in [0.1, 0.15) is 63.4 Å². The third-order valence-corrected chi connectivity index (χ3v) is 6.09. The molecular formula is C23H36N4O2. The van der Waals surface area contributed by atoms with Crippen LogP contribution in [0.4, 0.5) is 10.5 Å². The molecule has 1 aromatic rings. The van der Waals surface area contributed by atoms with Crippen molar-refractivity contribution in [1.82, 2.24) is 15.5 Å². The minimum Gasteiger partial charge on any atom is -0.371 e. The van der Waals surface area contributed by atoms with E-state index < -0.39 is 0 Å². The van der Waals surface area contributed by atoms with Crippen molar-refractivity contribution in [3.8, 4) is 0 Å². The van der Waals surface area contributed by atoms with E-state index in [0.29, 0.717) is 19.5 Å². The lowest BCUT2D eigenvalue weighted by Gasteiger charge is -2.31. The highest BCUT2D eigenvalue weighted by molar-refractivity contribution is 5.78. The van der Waals surface area contributed by atoms with Gasteiger partial charge in [-0.25, -0.2) is 4.79 Å². The van der Waals surface area contributed by atoms with Crippen LogP contribution >= 0.6 is 0 Å². The number of anilines is 1. The maximum absolute atomic E-state index is 12.5. The van der Waals surface area contributed by atoms with E-state index in [1.54, 1.807) is 4.90 Å². The Labute approximate surface area is 175 Å². The number of amides is 3. The number of carbonyl (C=O) groups excluding carboxylic acids is 2. The number of nitrogens with zero attached hydrogens (tertiary/aromatic N) is 2. The summed E-state index contributed by atoms with van der Waals surface area (Å²) in [4.78, 5) is 28.8. The lowest BCUT2D eigenvalue weighted by molar-refractivity contribution is -0.130. The van der Waals surface area contributed by atoms with E-state index in [1.165, 1.54) is 49.8 Å². The van der Waals surface area contributed by atoms with Crippen LogP contribution in [-0.2, 0) is 11.3 Å². The topological polar surface area (TPSA) is 64.7 Å². The Hall–Kier alpha value is -2.24. The molecule has 0 aromatic heterocycles. The zero-order valence-electron chi connectivity index (χ0n) is 17.8. The lowest BCUT2D eigenvalue weighted by Crippen LogP contribution is -2.43. The molecule has 0 atom stereocenters. The quantitative estimate of drug-likeness (QED) is 0.734. The summed E-state index contributed by atoms with van der Waals surface area (Å²) in [5.74, 6) is 0.0522. The predicted molar refractivity (Wildman–Crippen MR) is 117 cm³/mol. The number of rotatable bonds is 7. The Morgan fingerprint density at radius 3 is 2.48 bits per heavy atom. The Balaban J connectivity index is 1.43. The summed E-state index contributed by atoms with van der Waals surface area (Å²) in [6.07, 6.45) is 9.85. The summed E-state index contributed by atoms with van der Waals surface area (Å²) in [5, 5.41) is 5.86. The zero-order valence-corrected chi connectivity index (χ0v) is 17.8. The molecule has 1 saturated carbocycles. The van der Waals surface area contributed by atoms with Crippen molar-refractivity contribution in [2.24, 2.45) is 0 Å². The largest absolute Gasteiger partial charge is 0.371 e. The second-order valence-corrected chi connectivity index (χ2v) is 8.41. The molecule has 29 heavy (non-hydrogen) atoms. The molecule has 160 valence electrons. The van der Waals surface area contributed by atoms with Crippen LogP contribution < -0.4 is 15.5 Å². The first-order chi connectivity index (χ1) is 14.1. The van der Waals surface area contributed by atoms with Gasteiger partial charge in [-0.2, -0.15) is 0 Å². The molecule has 1 aliphatic heterocycles. The van der Waals surface area contributed by atoms with Gasteiger partial charge in [0, 0.05) is 51.4 Å². The molecule has 2 aliphatic rings. The summed E-state index contributed by atoms with van der Waals surface area (Å²) >= 11 is 0. The maximum atomic E-state index is 12.5. The summed E-state index contributed by atoms with van der Waals surface area (Å²) in [6, 6.07) is 8.53. The number of hydrogen-bond donors (Lipinski definition) is 2. The first-order valence-electron chi connectivity index (χ1n) is 11.2. The Morgan fingerprint density at radius 1 is 1.03 bits per heavy atom. The van der Waals surface area contributed by atoms with Gasteiger partial charge in [-0.05, 0) is 43.7 Å². The molecule has 0 bridgehead atoms. The van der Waals surface area contributed by atoms with Gasteiger partial charge >= 0.3 is 6.03 Å². The second-order valence-electron chi connectivity index (χ2n) is 8.41. The van der Waals surface area contributed by atoms with E-state index in [-0.39, 0.29) is 18.0 Å². The van der Waals surface area contributed by atoms with Gasteiger partial charge in [0.1, 0.15) is 0 Å². The molecule has 1 aliphatic carbocycles. The Morgan fingerprint density at radius 2 is 1.72 bits per heavy atom. The van der Waals surface area contributed by atoms with E-state index in [4.69, 9.17) is 0 Å². The molecule has 0 spiro atoms. The van der Waals surface area contributed by atoms with Gasteiger partial charge in [-0.3, -0.25) is 4.79 Å². The predicted octanol–water partition coefficient (Wildman–Crippen LogP) is 3.66. The van der Waals surface area contributed by atoms with Crippen molar-refractivity contribution in [2.75, 3.05) is 31.6 Å². The van der Waals surface area contributed by atoms with Gasteiger partial charge in [-0.1, -0.05) is 37.5 Å². The number of urea groups is 1. The first-order valence-corrected chi connectivity index (χ1v) is 11.2. The monoisotopic (exact) mass is 400 g/mol. The molecule has 2 N–H and O–H groups in total. The number of piperidine rings is 1. The summed E-state index contributed by atoms with van der Waals surface area (Å²) in [6.45, 7) is 3.15. The molecule has 6 nitrogen and oxygen atoms in total. The fourth-order valence-corrected chi connectivity index (χ4v) is 4.39. The molecule has 1 heterocycles. The number of nitrogens with one attached hydrogen (secondary N) is 2. The summed E-state index contributed by atoms with van der Waals surface area (Å²) in [7, 11) is 1.84. The lowest BCUT2D eigenvalue weighted by atomic mass is 9.96. The fourth-order valence-electron chi connectivity index (χ4n) is 4.39. The second kappa shape index (κ2) is 11.1. The highest BCUT2D eigenvalue weighted by atomic mass is 16.2. The van der Waals surface area contributed by atoms with E-state index >= 15 is 0 Å². The van der Waals surface area contributed by atoms with Gasteiger partial charge in [0.25, 0.3) is 0 Å². The van der Waals surface area contributed by atoms with E-state index in [2.05, 4.69) is 33.7 Å². The van der Waals surface area contributed by atoms with Crippen LogP contribution in [0.5, 0.6) is 0 Å². The van der Waals surface area contributed by atoms with Gasteiger partial charge in [-0.15, -0.1) is 0 Å². The van der Waals surface area contributed by atoms with Gasteiger partial charge in [0.05, 0.1) is 0 Å². The summed E-state index contributed by atoms with van der Waals surface area (Å²) in [5.41, 5.74) is 2.44. The molecule has 0 unspecified atom stereocenters. The fraction of sp³-hybridized carbons (Fsp3) is 0.652. The third-order valence-electron chi connectivity index (χ3n) is 6.09. The number of carbonyl (C=O) groups is 2. The SMILES string of the molecule is CN(Cc1ccccc1N1CCCCC1)C(=O)CCNC(=O)NC1CCCCC1. The van der Waals surface area contributed by atoms with Crippen LogP contribution in [0.25, 0.3) is 0 Å². The smallest absolute Gasteiger partial charge is 0.315 e. The molecular weight excluding hydrogens is 364 g/mol. The third kappa shape index (κ3) is 6.65. The standard InChI is InChI=1S/C23H36N4O2/c1-26(18-19-10-6-7-13-21(19)27-16-8-3-9-17-27)22(28)14-15-24-23(29)25-20-11-4-2-5-12-20/h6-7,10,13,20H,2-5,8-9,11-12,14-18H2,1H3,(H2,24,25,29). The van der Waals surface area contributed by atoms with Crippen molar-refractivity contribution in [1.29, 1.82) is 0 Å². The van der Waals surface area contributed by atoms with Crippen LogP contribution in [0.2, 0.25) is 0 Å². The van der Waals surface area contributed by atoms with Crippen LogP contribution in [-0.4, -0.2) is 49.6 Å². The number of benzene rings is 1. The summed E-state index contributed by atoms with van der Waals surface area (Å²) < 4.78 is 0. The Kier molecular flexibility index (Phi) is 8.20. The minimum absolute atomic E-state index is 0.0522. The number of hydrogen-bond acceptors (Lipinski definition) is 3. The molecule has 3 amide bonds. The van der Waals surface area contributed by atoms with Crippen molar-refractivity contribution < 1.29 is 9.59 Å². The molecule has 3 rings (SSSR count). The molecule has 1 aromatic carbocycles. The molecule has 0 radical (unpaired) electrons. The Bertz CT molecular complexity index is 667. The van der Waals surface area contributed by atoms with Gasteiger partial charge in [0.2, 0.25) is 5.91 Å². The molecule has 6 heteroatoms. The maximum Gasteiger partial charge on any atom is 0.315 e. The van der Waals surface area contributed by atoms with Gasteiger partial charge in [0.15, 0.2) is 0 Å². The van der Waals surface area contributed by atoms with Crippen LogP contribution in [0.15, 0.2) is 24.3 Å². The molecule has 2 fully saturated rings. The van der Waals surface area contributed by atoms with Crippen molar-refractivity contribution in [3.05, 3.63) is 29.8 Å². The highest BCUT2D eigenvalue weighted by Gasteiger charge is 2.18. The van der Waals surface area contributed by atoms with E-state index in [9.17, 15) is 9.59 Å². The van der Waals surface area contributed by atoms with E-state index in [0.717, 1.165) is 25.9 Å². The van der Waals surface area contributed by atoms with Crippen LogP contribution in [0, 0.1) is 0 Å². The van der Waals surface area contributed by atoms with Gasteiger partial charge < -0.3 is 20.4 Å². The van der Waals surface area contributed by atoms with Crippen molar-refractivity contribution in [2.45, 2.75) is 70.4 Å². The zero-order chi connectivity index (χ0) is 20.5. The molecule has 1 saturated heterocycles. The average molecular weight is 401 g/mol. The van der Waals surface area contributed by atoms with Crippen molar-refractivity contribution >= 4 is 17.6 Å². The first kappa shape index (κ1) is 21.5. The normalized spacial score (nSPS) is 17.6. The average Bonchev–Trinajstić information content (AvgIpc) is 2.75. The van der Waals surface area contributed by atoms with Crippen molar-refractivity contribution in [3.63, 3.8) is 0 Å². The minimum atomic E-state index is -0.150. The van der Waals surface area contributed by atoms with Crippen LogP contribution in [0.3, 0.4) is 0 Å². The highest BCUT2D eigenvalue weighted by Crippen LogP contribution is 2.25. The number of para-hydroxylation sites is 1. The van der Waals surface area contributed by atoms with E-state index in [1.807, 2.05) is 13.1 Å².